The lowest BCUT2D eigenvalue weighted by Gasteiger charge is -2.19. The minimum atomic E-state index is 0.177. The highest BCUT2D eigenvalue weighted by molar-refractivity contribution is 5.94. The summed E-state index contributed by atoms with van der Waals surface area (Å²) in [5, 5.41) is 1.93. The summed E-state index contributed by atoms with van der Waals surface area (Å²) in [6, 6.07) is 11.4. The largest absolute Gasteiger partial charge is 0.220 e. The molecule has 0 saturated heterocycles. The van der Waals surface area contributed by atoms with Gasteiger partial charge in [-0.05, 0) is 70.4 Å². The standard InChI is InChI=1S/C28H38N/c1-18(2)23-15-25(19(3)4)20(5)26(16-23)27-24-11-10-21(17-28(6,7)8)14-22(24)12-13-29(27)9/h10-16,18-19H,17H2,1-9H3/q+1/i12D,13D. The van der Waals surface area contributed by atoms with E-state index in [1.54, 1.807) is 0 Å². The Morgan fingerprint density at radius 2 is 1.69 bits per heavy atom. The molecule has 0 aliphatic carbocycles. The second-order valence-corrected chi connectivity index (χ2v) is 10.4. The molecule has 0 N–H and O–H groups in total. The molecule has 1 heteroatoms. The van der Waals surface area contributed by atoms with Crippen LogP contribution in [0.1, 0.15) is 85.3 Å². The Morgan fingerprint density at radius 3 is 2.28 bits per heavy atom. The summed E-state index contributed by atoms with van der Waals surface area (Å²) < 4.78 is 19.3. The number of nitrogens with zero attached hydrogens (tertiary/aromatic N) is 1. The van der Waals surface area contributed by atoms with E-state index in [1.807, 2.05) is 11.6 Å². The Kier molecular flexibility index (Phi) is 5.16. The SMILES string of the molecule is [2H]c1c([2H])[n+](C)c(-c2cc(C(C)C)cc(C(C)C)c2C)c2ccc(CC(C)(C)C)cc12. The molecule has 0 saturated carbocycles. The molecular weight excluding hydrogens is 350 g/mol. The van der Waals surface area contributed by atoms with Crippen molar-refractivity contribution in [3.05, 3.63) is 64.8 Å². The van der Waals surface area contributed by atoms with Crippen molar-refractivity contribution in [2.75, 3.05) is 0 Å². The molecule has 0 unspecified atom stereocenters. The second kappa shape index (κ2) is 7.94. The predicted octanol–water partition coefficient (Wildman–Crippen LogP) is 7.48. The first-order valence-corrected chi connectivity index (χ1v) is 10.9. The Balaban J connectivity index is 2.40. The van der Waals surface area contributed by atoms with E-state index in [0.717, 1.165) is 22.9 Å². The summed E-state index contributed by atoms with van der Waals surface area (Å²) in [6.45, 7) is 17.9. The molecule has 154 valence electrons. The maximum absolute atomic E-state index is 8.69. The van der Waals surface area contributed by atoms with E-state index in [9.17, 15) is 0 Å². The number of aromatic nitrogens is 1. The molecule has 0 spiro atoms. The van der Waals surface area contributed by atoms with Crippen molar-refractivity contribution >= 4 is 10.8 Å². The molecule has 1 aromatic heterocycles. The van der Waals surface area contributed by atoms with Crippen molar-refractivity contribution in [2.45, 2.75) is 73.6 Å². The van der Waals surface area contributed by atoms with Crippen LogP contribution in [0.2, 0.25) is 0 Å². The molecule has 0 aliphatic heterocycles. The monoisotopic (exact) mass is 390 g/mol. The van der Waals surface area contributed by atoms with Gasteiger partial charge in [-0.3, -0.25) is 0 Å². The van der Waals surface area contributed by atoms with Gasteiger partial charge >= 0.3 is 0 Å². The zero-order valence-electron chi connectivity index (χ0n) is 21.7. The van der Waals surface area contributed by atoms with Gasteiger partial charge in [0.25, 0.3) is 0 Å². The van der Waals surface area contributed by atoms with Crippen LogP contribution in [0, 0.1) is 12.3 Å². The molecule has 1 nitrogen and oxygen atoms in total. The number of fused-ring (bicyclic) bond motifs is 1. The molecule has 0 atom stereocenters. The summed E-state index contributed by atoms with van der Waals surface area (Å²) in [5.41, 5.74) is 7.58. The summed E-state index contributed by atoms with van der Waals surface area (Å²) in [4.78, 5) is 0. The van der Waals surface area contributed by atoms with Gasteiger partial charge in [0.1, 0.15) is 8.42 Å². The smallest absolute Gasteiger partial charge is 0.200 e. The first-order valence-electron chi connectivity index (χ1n) is 11.9. The lowest BCUT2D eigenvalue weighted by atomic mass is 9.85. The van der Waals surface area contributed by atoms with E-state index in [-0.39, 0.29) is 11.6 Å². The quantitative estimate of drug-likeness (QED) is 0.407. The van der Waals surface area contributed by atoms with Crippen molar-refractivity contribution < 1.29 is 7.31 Å². The number of hydrogen-bond acceptors (Lipinski definition) is 0. The highest BCUT2D eigenvalue weighted by atomic mass is 14.9. The third-order valence-electron chi connectivity index (χ3n) is 5.78. The fourth-order valence-electron chi connectivity index (χ4n) is 4.27. The summed E-state index contributed by atoms with van der Waals surface area (Å²) in [6.07, 6.45) is 1.21. The van der Waals surface area contributed by atoms with E-state index in [0.29, 0.717) is 17.9 Å². The van der Waals surface area contributed by atoms with E-state index in [1.165, 1.54) is 27.8 Å². The number of pyridine rings is 1. The average Bonchev–Trinajstić information content (AvgIpc) is 2.66. The van der Waals surface area contributed by atoms with Gasteiger partial charge in [-0.25, -0.2) is 4.57 Å². The van der Waals surface area contributed by atoms with Gasteiger partial charge < -0.3 is 0 Å². The van der Waals surface area contributed by atoms with Crippen LogP contribution in [-0.2, 0) is 13.5 Å². The number of rotatable bonds is 4. The van der Waals surface area contributed by atoms with Crippen molar-refractivity contribution in [1.82, 2.24) is 0 Å². The van der Waals surface area contributed by atoms with Crippen molar-refractivity contribution in [2.24, 2.45) is 12.5 Å². The Morgan fingerprint density at radius 1 is 1.00 bits per heavy atom. The number of hydrogen-bond donors (Lipinski definition) is 0. The van der Waals surface area contributed by atoms with Crippen molar-refractivity contribution in [1.29, 1.82) is 0 Å². The predicted molar refractivity (Wildman–Crippen MR) is 127 cm³/mol. The molecule has 3 rings (SSSR count). The van der Waals surface area contributed by atoms with Crippen molar-refractivity contribution in [3.8, 4) is 11.3 Å². The van der Waals surface area contributed by atoms with Gasteiger partial charge in [-0.2, -0.15) is 0 Å². The lowest BCUT2D eigenvalue weighted by molar-refractivity contribution is -0.659. The Labute approximate surface area is 180 Å². The number of benzene rings is 2. The lowest BCUT2D eigenvalue weighted by Crippen LogP contribution is -2.31. The van der Waals surface area contributed by atoms with E-state index in [2.05, 4.69) is 85.7 Å². The topological polar surface area (TPSA) is 3.88 Å². The molecule has 3 aromatic rings. The van der Waals surface area contributed by atoms with E-state index >= 15 is 0 Å². The third kappa shape index (κ3) is 4.55. The Bertz CT molecular complexity index is 1130. The fourth-order valence-corrected chi connectivity index (χ4v) is 4.27. The average molecular weight is 391 g/mol. The molecule has 0 bridgehead atoms. The van der Waals surface area contributed by atoms with Gasteiger partial charge in [0.15, 0.2) is 6.17 Å². The van der Waals surface area contributed by atoms with Gasteiger partial charge in [0.2, 0.25) is 5.69 Å². The molecule has 0 amide bonds. The zero-order chi connectivity index (χ0) is 23.2. The summed E-state index contributed by atoms with van der Waals surface area (Å²) in [5.74, 6) is 0.857. The van der Waals surface area contributed by atoms with Crippen LogP contribution < -0.4 is 4.57 Å². The molecule has 2 aromatic carbocycles. The fraction of sp³-hybridized carbons (Fsp3) is 0.464. The van der Waals surface area contributed by atoms with Crippen LogP contribution in [0.15, 0.2) is 42.5 Å². The van der Waals surface area contributed by atoms with Crippen LogP contribution in [0.4, 0.5) is 0 Å². The molecule has 0 fully saturated rings. The summed E-state index contributed by atoms with van der Waals surface area (Å²) >= 11 is 0. The molecule has 0 aliphatic rings. The maximum Gasteiger partial charge on any atom is 0.220 e. The molecule has 29 heavy (non-hydrogen) atoms. The van der Waals surface area contributed by atoms with E-state index in [4.69, 9.17) is 2.74 Å². The van der Waals surface area contributed by atoms with Gasteiger partial charge in [0.05, 0.1) is 12.3 Å². The van der Waals surface area contributed by atoms with Crippen LogP contribution in [0.25, 0.3) is 22.0 Å². The third-order valence-corrected chi connectivity index (χ3v) is 5.78. The minimum absolute atomic E-state index is 0.177. The van der Waals surface area contributed by atoms with Crippen molar-refractivity contribution in [3.63, 3.8) is 0 Å². The van der Waals surface area contributed by atoms with Gasteiger partial charge in [-0.15, -0.1) is 0 Å². The minimum Gasteiger partial charge on any atom is -0.200 e. The first kappa shape index (κ1) is 18.9. The highest BCUT2D eigenvalue weighted by Crippen LogP contribution is 2.35. The first-order chi connectivity index (χ1) is 14.3. The Hall–Kier alpha value is -2.15. The molecule has 0 radical (unpaired) electrons. The zero-order valence-corrected chi connectivity index (χ0v) is 19.7. The normalized spacial score (nSPS) is 13.3. The molecular formula is C28H38N+. The maximum atomic E-state index is 8.69. The van der Waals surface area contributed by atoms with Crippen LogP contribution >= 0.6 is 0 Å². The summed E-state index contributed by atoms with van der Waals surface area (Å²) in [7, 11) is 1.93. The van der Waals surface area contributed by atoms with Gasteiger partial charge in [0, 0.05) is 6.04 Å². The second-order valence-electron chi connectivity index (χ2n) is 10.4. The molecule has 1 heterocycles. The van der Waals surface area contributed by atoms with Gasteiger partial charge in [-0.1, -0.05) is 66.7 Å². The van der Waals surface area contributed by atoms with E-state index < -0.39 is 0 Å². The van der Waals surface area contributed by atoms with Crippen LogP contribution in [-0.4, -0.2) is 0 Å². The van der Waals surface area contributed by atoms with Crippen LogP contribution in [0.3, 0.4) is 0 Å². The highest BCUT2D eigenvalue weighted by Gasteiger charge is 2.22. The van der Waals surface area contributed by atoms with Crippen LogP contribution in [0.5, 0.6) is 0 Å².